The van der Waals surface area contributed by atoms with Gasteiger partial charge in [0.05, 0.1) is 18.0 Å². The molecule has 2 aromatic carbocycles. The van der Waals surface area contributed by atoms with E-state index < -0.39 is 0 Å². The average molecular weight is 480 g/mol. The molecule has 6 nitrogen and oxygen atoms in total. The fourth-order valence-corrected chi connectivity index (χ4v) is 3.30. The molecule has 0 aliphatic rings. The second-order valence-corrected chi connectivity index (χ2v) is 8.44. The predicted molar refractivity (Wildman–Crippen MR) is 137 cm³/mol. The fraction of sp³-hybridized carbons (Fsp3) is 0.321. The average Bonchev–Trinajstić information content (AvgIpc) is 3.14. The zero-order valence-corrected chi connectivity index (χ0v) is 21.3. The molecule has 0 atom stereocenters. The summed E-state index contributed by atoms with van der Waals surface area (Å²) >= 11 is 0. The van der Waals surface area contributed by atoms with Gasteiger partial charge in [0.15, 0.2) is 0 Å². The SMILES string of the molecule is CC(=O)N(Cc1c(C)noc1C)/N=C(C)\C(C)=C(/C)CCc1cccc(F)c1.Oc1ccccc1. The number of nitrogens with zero attached hydrogens (tertiary/aromatic N) is 3. The molecule has 0 radical (unpaired) electrons. The van der Waals surface area contributed by atoms with Crippen LogP contribution in [0.3, 0.4) is 0 Å². The molecule has 1 amide bonds. The third-order valence-corrected chi connectivity index (χ3v) is 5.74. The van der Waals surface area contributed by atoms with E-state index in [1.54, 1.807) is 36.4 Å². The third-order valence-electron chi connectivity index (χ3n) is 5.74. The minimum Gasteiger partial charge on any atom is -0.508 e. The highest BCUT2D eigenvalue weighted by atomic mass is 19.1. The Labute approximate surface area is 206 Å². The molecular formula is C28H34FN3O3. The van der Waals surface area contributed by atoms with E-state index in [2.05, 4.69) is 10.3 Å². The monoisotopic (exact) mass is 479 g/mol. The number of benzene rings is 2. The quantitative estimate of drug-likeness (QED) is 0.309. The lowest BCUT2D eigenvalue weighted by molar-refractivity contribution is -0.129. The van der Waals surface area contributed by atoms with Gasteiger partial charge in [-0.15, -0.1) is 0 Å². The number of phenolic OH excluding ortho intramolecular Hbond substituents is 1. The van der Waals surface area contributed by atoms with Gasteiger partial charge in [0.1, 0.15) is 17.3 Å². The van der Waals surface area contributed by atoms with Crippen LogP contribution in [0.25, 0.3) is 0 Å². The molecule has 0 saturated carbocycles. The number of halogens is 1. The zero-order valence-electron chi connectivity index (χ0n) is 21.3. The standard InChI is InChI=1S/C22H28FN3O2.C6H6O/c1-14(10-11-20-8-7-9-21(23)12-20)15(2)16(3)24-26(19(6)27)13-22-17(4)25-28-18(22)5;7-6-4-2-1-3-5-6/h7-9,12H,10-11,13H2,1-6H3;1-5,7H/b15-14+,24-16-;. The molecule has 0 spiro atoms. The maximum Gasteiger partial charge on any atom is 0.239 e. The minimum atomic E-state index is -0.218. The topological polar surface area (TPSA) is 78.9 Å². The molecule has 0 aliphatic heterocycles. The number of amides is 1. The van der Waals surface area contributed by atoms with Crippen LogP contribution < -0.4 is 0 Å². The summed E-state index contributed by atoms with van der Waals surface area (Å²) in [6.07, 6.45) is 1.55. The van der Waals surface area contributed by atoms with Crippen molar-refractivity contribution in [3.8, 4) is 5.75 Å². The maximum atomic E-state index is 13.3. The Morgan fingerprint density at radius 1 is 1.06 bits per heavy atom. The van der Waals surface area contributed by atoms with E-state index in [0.29, 0.717) is 18.1 Å². The minimum absolute atomic E-state index is 0.149. The Bertz CT molecular complexity index is 1160. The summed E-state index contributed by atoms with van der Waals surface area (Å²) in [7, 11) is 0. The molecule has 1 N–H and O–H groups in total. The number of hydrogen-bond acceptors (Lipinski definition) is 5. The molecule has 0 bridgehead atoms. The number of allylic oxidation sites excluding steroid dienone is 2. The van der Waals surface area contributed by atoms with E-state index in [1.165, 1.54) is 18.0 Å². The smallest absolute Gasteiger partial charge is 0.239 e. The summed E-state index contributed by atoms with van der Waals surface area (Å²) in [5.74, 6) is 0.646. The Morgan fingerprint density at radius 2 is 1.74 bits per heavy atom. The van der Waals surface area contributed by atoms with Gasteiger partial charge in [-0.1, -0.05) is 41.1 Å². The van der Waals surface area contributed by atoms with Gasteiger partial charge in [0.2, 0.25) is 5.91 Å². The number of hydrazone groups is 1. The fourth-order valence-electron chi connectivity index (χ4n) is 3.30. The number of aromatic hydroxyl groups is 1. The van der Waals surface area contributed by atoms with E-state index in [0.717, 1.165) is 46.5 Å². The van der Waals surface area contributed by atoms with Crippen molar-refractivity contribution in [3.63, 3.8) is 0 Å². The van der Waals surface area contributed by atoms with Gasteiger partial charge in [-0.3, -0.25) is 4.79 Å². The molecule has 3 aromatic rings. The summed E-state index contributed by atoms with van der Waals surface area (Å²) in [6, 6.07) is 15.4. The first-order valence-corrected chi connectivity index (χ1v) is 11.5. The van der Waals surface area contributed by atoms with Crippen molar-refractivity contribution in [3.05, 3.63) is 94.1 Å². The molecule has 0 fully saturated rings. The third kappa shape index (κ3) is 8.85. The largest absolute Gasteiger partial charge is 0.508 e. The van der Waals surface area contributed by atoms with Gasteiger partial charge in [0.25, 0.3) is 0 Å². The molecule has 3 rings (SSSR count). The van der Waals surface area contributed by atoms with Crippen LogP contribution >= 0.6 is 0 Å². The van der Waals surface area contributed by atoms with Crippen molar-refractivity contribution >= 4 is 11.6 Å². The Kier molecular flexibility index (Phi) is 10.4. The van der Waals surface area contributed by atoms with Crippen LogP contribution in [-0.4, -0.2) is 26.9 Å². The summed E-state index contributed by atoms with van der Waals surface area (Å²) in [6.45, 7) is 11.4. The second kappa shape index (κ2) is 13.2. The highest BCUT2D eigenvalue weighted by Crippen LogP contribution is 2.18. The molecule has 1 heterocycles. The van der Waals surface area contributed by atoms with E-state index in [-0.39, 0.29) is 11.7 Å². The van der Waals surface area contributed by atoms with E-state index in [9.17, 15) is 9.18 Å². The summed E-state index contributed by atoms with van der Waals surface area (Å²) < 4.78 is 18.5. The first-order valence-electron chi connectivity index (χ1n) is 11.5. The van der Waals surface area contributed by atoms with Crippen LogP contribution in [0.15, 0.2) is 75.4 Å². The van der Waals surface area contributed by atoms with Crippen molar-refractivity contribution in [1.29, 1.82) is 0 Å². The maximum absolute atomic E-state index is 13.3. The van der Waals surface area contributed by atoms with E-state index in [4.69, 9.17) is 9.63 Å². The van der Waals surface area contributed by atoms with Gasteiger partial charge in [-0.05, 0) is 82.9 Å². The van der Waals surface area contributed by atoms with Crippen LogP contribution in [0, 0.1) is 19.7 Å². The number of aromatic nitrogens is 1. The lowest BCUT2D eigenvalue weighted by Crippen LogP contribution is -2.24. The van der Waals surface area contributed by atoms with Crippen LogP contribution in [-0.2, 0) is 17.8 Å². The molecule has 0 saturated heterocycles. The van der Waals surface area contributed by atoms with Crippen LogP contribution in [0.4, 0.5) is 4.39 Å². The van der Waals surface area contributed by atoms with Gasteiger partial charge in [0, 0.05) is 12.5 Å². The first kappa shape index (κ1) is 27.5. The van der Waals surface area contributed by atoms with Crippen molar-refractivity contribution in [1.82, 2.24) is 10.2 Å². The lowest BCUT2D eigenvalue weighted by Gasteiger charge is -2.17. The Morgan fingerprint density at radius 3 is 2.26 bits per heavy atom. The van der Waals surface area contributed by atoms with Gasteiger partial charge < -0.3 is 9.63 Å². The first-order chi connectivity index (χ1) is 16.6. The second-order valence-electron chi connectivity index (χ2n) is 8.44. The molecule has 35 heavy (non-hydrogen) atoms. The summed E-state index contributed by atoms with van der Waals surface area (Å²) in [5, 5.41) is 18.5. The molecule has 0 unspecified atom stereocenters. The number of phenols is 1. The molecule has 186 valence electrons. The lowest BCUT2D eigenvalue weighted by atomic mass is 10.00. The highest BCUT2D eigenvalue weighted by Gasteiger charge is 2.16. The Hall–Kier alpha value is -3.74. The van der Waals surface area contributed by atoms with E-state index in [1.807, 2.05) is 46.8 Å². The number of aryl methyl sites for hydroxylation is 3. The van der Waals surface area contributed by atoms with Crippen molar-refractivity contribution in [2.45, 2.75) is 60.9 Å². The summed E-state index contributed by atoms with van der Waals surface area (Å²) in [4.78, 5) is 12.1. The Balaban J connectivity index is 0.000000527. The van der Waals surface area contributed by atoms with Crippen molar-refractivity contribution < 1.29 is 18.8 Å². The number of rotatable bonds is 7. The number of para-hydroxylation sites is 1. The van der Waals surface area contributed by atoms with Gasteiger partial charge in [-0.25, -0.2) is 9.40 Å². The van der Waals surface area contributed by atoms with Crippen molar-refractivity contribution in [2.24, 2.45) is 5.10 Å². The van der Waals surface area contributed by atoms with Gasteiger partial charge in [-0.2, -0.15) is 5.10 Å². The number of carbonyl (C=O) groups is 1. The zero-order chi connectivity index (χ0) is 26.0. The van der Waals surface area contributed by atoms with Crippen LogP contribution in [0.2, 0.25) is 0 Å². The number of hydrogen-bond donors (Lipinski definition) is 1. The normalized spacial score (nSPS) is 11.9. The van der Waals surface area contributed by atoms with Crippen molar-refractivity contribution in [2.75, 3.05) is 0 Å². The van der Waals surface area contributed by atoms with Gasteiger partial charge >= 0.3 is 0 Å². The molecule has 0 aliphatic carbocycles. The highest BCUT2D eigenvalue weighted by molar-refractivity contribution is 5.98. The molecule has 1 aromatic heterocycles. The summed E-state index contributed by atoms with van der Waals surface area (Å²) in [5.41, 5.74) is 5.56. The van der Waals surface area contributed by atoms with E-state index >= 15 is 0 Å². The molecule has 7 heteroatoms. The van der Waals surface area contributed by atoms with Crippen LogP contribution in [0.5, 0.6) is 5.75 Å². The predicted octanol–water partition coefficient (Wildman–Crippen LogP) is 6.52. The van der Waals surface area contributed by atoms with Crippen LogP contribution in [0.1, 0.15) is 56.7 Å². The molecular weight excluding hydrogens is 445 g/mol. The number of carbonyl (C=O) groups excluding carboxylic acids is 1.